The smallest absolute Gasteiger partial charge is 0.216 e. The molecule has 0 aromatic heterocycles. The van der Waals surface area contributed by atoms with Gasteiger partial charge in [-0.1, -0.05) is 32.0 Å². The van der Waals surface area contributed by atoms with E-state index in [1.807, 2.05) is 57.2 Å². The first-order valence-corrected chi connectivity index (χ1v) is 10.4. The zero-order valence-electron chi connectivity index (χ0n) is 18.5. The summed E-state index contributed by atoms with van der Waals surface area (Å²) in [6.07, 6.45) is 0.625. The fourth-order valence-electron chi connectivity index (χ4n) is 3.27. The Bertz CT molecular complexity index is 952. The largest absolute Gasteiger partial charge is 0.493 e. The molecular formula is C24H30N4O3. The molecule has 0 saturated carbocycles. The van der Waals surface area contributed by atoms with E-state index >= 15 is 0 Å². The van der Waals surface area contributed by atoms with Crippen molar-refractivity contribution in [3.63, 3.8) is 0 Å². The van der Waals surface area contributed by atoms with Crippen LogP contribution in [0, 0.1) is 17.2 Å². The molecule has 0 saturated heterocycles. The van der Waals surface area contributed by atoms with Gasteiger partial charge in [0.25, 0.3) is 0 Å². The second-order valence-electron chi connectivity index (χ2n) is 6.82. The van der Waals surface area contributed by atoms with Crippen molar-refractivity contribution in [2.75, 3.05) is 26.9 Å². The number of amides is 1. The Kier molecular flexibility index (Phi) is 9.04. The topological polar surface area (TPSA) is 101 Å². The van der Waals surface area contributed by atoms with E-state index in [1.54, 1.807) is 13.1 Å². The van der Waals surface area contributed by atoms with Gasteiger partial charge in [0, 0.05) is 25.1 Å². The number of benzene rings is 2. The summed E-state index contributed by atoms with van der Waals surface area (Å²) in [7, 11) is 1.56. The first kappa shape index (κ1) is 23.9. The normalized spacial score (nSPS) is 17.3. The number of guanidine groups is 1. The van der Waals surface area contributed by atoms with Crippen molar-refractivity contribution < 1.29 is 14.3 Å². The van der Waals surface area contributed by atoms with E-state index in [1.165, 1.54) is 4.90 Å². The highest BCUT2D eigenvalue weighted by molar-refractivity contribution is 5.87. The molecule has 2 aromatic rings. The van der Waals surface area contributed by atoms with E-state index < -0.39 is 0 Å². The lowest BCUT2D eigenvalue weighted by Gasteiger charge is -2.32. The Hall–Kier alpha value is -3.37. The van der Waals surface area contributed by atoms with Crippen molar-refractivity contribution in [3.05, 3.63) is 53.6 Å². The van der Waals surface area contributed by atoms with Crippen LogP contribution >= 0.6 is 0 Å². The molecule has 0 unspecified atom stereocenters. The fraction of sp³-hybridized carbons (Fsp3) is 0.375. The van der Waals surface area contributed by atoms with Crippen molar-refractivity contribution in [2.45, 2.75) is 26.8 Å². The van der Waals surface area contributed by atoms with Crippen LogP contribution in [0.2, 0.25) is 0 Å². The molecule has 0 aliphatic carbocycles. The van der Waals surface area contributed by atoms with Crippen LogP contribution < -0.4 is 10.5 Å². The minimum Gasteiger partial charge on any atom is -0.493 e. The summed E-state index contributed by atoms with van der Waals surface area (Å²) in [6, 6.07) is 15.1. The van der Waals surface area contributed by atoms with Crippen molar-refractivity contribution in [1.82, 2.24) is 4.90 Å². The van der Waals surface area contributed by atoms with Gasteiger partial charge in [-0.3, -0.25) is 9.69 Å². The standard InChI is InChI=1S/C22H24N4O3.C2H6/c1-3-28-12-18-13-29-20-8-7-17(16-6-4-5-15(9-16)11-23)10-19(20)21(18)25-22(24)26(2)14-27;1-2/h4-10,14,18,21H,3,12-13H2,1-2H3,(H2,24,25);1-2H3/t18-,21-;/m1./s1. The van der Waals surface area contributed by atoms with Crippen molar-refractivity contribution in [2.24, 2.45) is 16.6 Å². The van der Waals surface area contributed by atoms with Gasteiger partial charge in [-0.25, -0.2) is 4.99 Å². The molecule has 31 heavy (non-hydrogen) atoms. The van der Waals surface area contributed by atoms with E-state index in [2.05, 4.69) is 11.1 Å². The fourth-order valence-corrected chi connectivity index (χ4v) is 3.27. The average Bonchev–Trinajstić information content (AvgIpc) is 2.83. The predicted octanol–water partition coefficient (Wildman–Crippen LogP) is 3.74. The third kappa shape index (κ3) is 5.83. The highest BCUT2D eigenvalue weighted by Crippen LogP contribution is 2.40. The van der Waals surface area contributed by atoms with Gasteiger partial charge in [-0.15, -0.1) is 0 Å². The number of ether oxygens (including phenoxy) is 2. The Morgan fingerprint density at radius 1 is 1.32 bits per heavy atom. The Labute approximate surface area is 184 Å². The minimum absolute atomic E-state index is 0.0401. The molecule has 0 fully saturated rings. The molecule has 1 aliphatic rings. The summed E-state index contributed by atoms with van der Waals surface area (Å²) in [5.41, 5.74) is 9.37. The number of fused-ring (bicyclic) bond motifs is 1. The van der Waals surface area contributed by atoms with Crippen LogP contribution in [0.25, 0.3) is 11.1 Å². The van der Waals surface area contributed by atoms with Gasteiger partial charge in [0.15, 0.2) is 5.96 Å². The Balaban J connectivity index is 0.00000166. The highest BCUT2D eigenvalue weighted by Gasteiger charge is 2.32. The molecule has 7 nitrogen and oxygen atoms in total. The lowest BCUT2D eigenvalue weighted by Crippen LogP contribution is -2.36. The van der Waals surface area contributed by atoms with E-state index in [-0.39, 0.29) is 17.9 Å². The van der Waals surface area contributed by atoms with Gasteiger partial charge in [0.1, 0.15) is 5.75 Å². The predicted molar refractivity (Wildman–Crippen MR) is 122 cm³/mol. The van der Waals surface area contributed by atoms with Crippen LogP contribution in [0.4, 0.5) is 0 Å². The second kappa shape index (κ2) is 11.7. The van der Waals surface area contributed by atoms with Crippen molar-refractivity contribution in [3.8, 4) is 22.9 Å². The average molecular weight is 423 g/mol. The summed E-state index contributed by atoms with van der Waals surface area (Å²) in [6.45, 7) is 7.44. The molecule has 3 rings (SSSR count). The number of nitriles is 1. The molecule has 1 heterocycles. The molecule has 7 heteroatoms. The number of rotatable bonds is 6. The highest BCUT2D eigenvalue weighted by atomic mass is 16.5. The number of nitrogens with zero attached hydrogens (tertiary/aromatic N) is 3. The maximum atomic E-state index is 11.1. The van der Waals surface area contributed by atoms with E-state index in [4.69, 9.17) is 15.2 Å². The summed E-state index contributed by atoms with van der Waals surface area (Å²) < 4.78 is 11.6. The van der Waals surface area contributed by atoms with Gasteiger partial charge >= 0.3 is 0 Å². The molecular weight excluding hydrogens is 392 g/mol. The third-order valence-corrected chi connectivity index (χ3v) is 4.88. The summed E-state index contributed by atoms with van der Waals surface area (Å²) >= 11 is 0. The first-order chi connectivity index (χ1) is 15.1. The number of aliphatic imine (C=N–C) groups is 1. The second-order valence-corrected chi connectivity index (χ2v) is 6.82. The van der Waals surface area contributed by atoms with E-state index in [0.717, 1.165) is 22.4 Å². The van der Waals surface area contributed by atoms with Gasteiger partial charge in [-0.05, 0) is 42.3 Å². The molecule has 2 N–H and O–H groups in total. The van der Waals surface area contributed by atoms with E-state index in [0.29, 0.717) is 31.8 Å². The molecule has 0 spiro atoms. The molecule has 1 aliphatic heterocycles. The number of nitrogens with two attached hydrogens (primary N) is 1. The quantitative estimate of drug-likeness (QED) is 0.434. The van der Waals surface area contributed by atoms with Gasteiger partial charge < -0.3 is 15.2 Å². The van der Waals surface area contributed by atoms with Crippen LogP contribution in [-0.2, 0) is 9.53 Å². The van der Waals surface area contributed by atoms with E-state index in [9.17, 15) is 10.1 Å². The number of carbonyl (C=O) groups excluding carboxylic acids is 1. The molecule has 2 atom stereocenters. The zero-order chi connectivity index (χ0) is 22.8. The molecule has 0 radical (unpaired) electrons. The maximum absolute atomic E-state index is 11.1. The first-order valence-electron chi connectivity index (χ1n) is 10.4. The van der Waals surface area contributed by atoms with Crippen LogP contribution in [0.1, 0.15) is 37.9 Å². The third-order valence-electron chi connectivity index (χ3n) is 4.88. The monoisotopic (exact) mass is 422 g/mol. The number of carbonyl (C=O) groups is 1. The zero-order valence-corrected chi connectivity index (χ0v) is 18.5. The van der Waals surface area contributed by atoms with Crippen molar-refractivity contribution >= 4 is 12.4 Å². The Morgan fingerprint density at radius 2 is 2.06 bits per heavy atom. The maximum Gasteiger partial charge on any atom is 0.216 e. The van der Waals surface area contributed by atoms with Crippen LogP contribution in [0.15, 0.2) is 47.5 Å². The van der Waals surface area contributed by atoms with Crippen LogP contribution in [-0.4, -0.2) is 44.1 Å². The molecule has 0 bridgehead atoms. The van der Waals surface area contributed by atoms with Gasteiger partial charge in [0.05, 0.1) is 30.9 Å². The molecule has 1 amide bonds. The van der Waals surface area contributed by atoms with Crippen LogP contribution in [0.5, 0.6) is 5.75 Å². The SMILES string of the molecule is CC.CCOC[C@@H]1COc2ccc(-c3cccc(C#N)c3)cc2[C@@H]1N=C(N)N(C)C=O. The summed E-state index contributed by atoms with van der Waals surface area (Å²) in [5.74, 6) is 0.825. The number of hydrogen-bond acceptors (Lipinski definition) is 5. The lowest BCUT2D eigenvalue weighted by atomic mass is 9.89. The van der Waals surface area contributed by atoms with Crippen LogP contribution in [0.3, 0.4) is 0 Å². The minimum atomic E-state index is -0.313. The molecule has 164 valence electrons. The lowest BCUT2D eigenvalue weighted by molar-refractivity contribution is -0.114. The van der Waals surface area contributed by atoms with Crippen molar-refractivity contribution in [1.29, 1.82) is 5.26 Å². The van der Waals surface area contributed by atoms with Gasteiger partial charge in [-0.2, -0.15) is 5.26 Å². The van der Waals surface area contributed by atoms with Gasteiger partial charge in [0.2, 0.25) is 6.41 Å². The molecule has 2 aromatic carbocycles. The Morgan fingerprint density at radius 3 is 2.74 bits per heavy atom. The summed E-state index contributed by atoms with van der Waals surface area (Å²) in [4.78, 5) is 16.9. The summed E-state index contributed by atoms with van der Waals surface area (Å²) in [5, 5.41) is 9.19. The number of hydrogen-bond donors (Lipinski definition) is 1.